The number of nitrogens with one attached hydrogen (secondary N) is 1. The van der Waals surface area contributed by atoms with E-state index in [9.17, 15) is 0 Å². The van der Waals surface area contributed by atoms with Crippen LogP contribution in [-0.4, -0.2) is 46.5 Å². The van der Waals surface area contributed by atoms with E-state index >= 15 is 0 Å². The zero-order valence-electron chi connectivity index (χ0n) is 17.4. The Labute approximate surface area is 179 Å². The summed E-state index contributed by atoms with van der Waals surface area (Å²) in [5.74, 6) is 0.748. The number of hydrogen-bond acceptors (Lipinski definition) is 7. The summed E-state index contributed by atoms with van der Waals surface area (Å²) in [4.78, 5) is 11.8. The number of hydrogen-bond donors (Lipinski definition) is 1. The van der Waals surface area contributed by atoms with Crippen LogP contribution in [0.4, 0.5) is 10.8 Å². The number of fused-ring (bicyclic) bond motifs is 1. The van der Waals surface area contributed by atoms with Crippen molar-refractivity contribution < 1.29 is 0 Å². The molecule has 4 aromatic heterocycles. The highest BCUT2D eigenvalue weighted by molar-refractivity contribution is 7.10. The summed E-state index contributed by atoms with van der Waals surface area (Å²) in [7, 11) is 0. The van der Waals surface area contributed by atoms with Gasteiger partial charge < -0.3 is 5.32 Å². The fourth-order valence-electron chi connectivity index (χ4n) is 3.98. The first-order chi connectivity index (χ1) is 14.7. The van der Waals surface area contributed by atoms with Crippen molar-refractivity contribution in [2.75, 3.05) is 18.4 Å². The maximum Gasteiger partial charge on any atom is 0.180 e. The van der Waals surface area contributed by atoms with E-state index in [0.29, 0.717) is 0 Å². The average molecular weight is 423 g/mol. The predicted octanol–water partition coefficient (Wildman–Crippen LogP) is 4.11. The fourth-order valence-corrected chi connectivity index (χ4v) is 4.64. The van der Waals surface area contributed by atoms with Gasteiger partial charge in [0.1, 0.15) is 5.00 Å². The van der Waals surface area contributed by atoms with Crippen molar-refractivity contribution in [1.82, 2.24) is 33.4 Å². The molecule has 0 bridgehead atoms. The zero-order valence-corrected chi connectivity index (χ0v) is 18.2. The molecule has 0 unspecified atom stereocenters. The van der Waals surface area contributed by atoms with Crippen LogP contribution in [0, 0.1) is 6.92 Å². The van der Waals surface area contributed by atoms with Crippen molar-refractivity contribution in [1.29, 1.82) is 0 Å². The van der Waals surface area contributed by atoms with Crippen molar-refractivity contribution in [3.63, 3.8) is 0 Å². The van der Waals surface area contributed by atoms with Crippen molar-refractivity contribution in [3.8, 4) is 11.3 Å². The van der Waals surface area contributed by atoms with Gasteiger partial charge in [0, 0.05) is 31.0 Å². The van der Waals surface area contributed by atoms with E-state index in [2.05, 4.69) is 42.1 Å². The molecule has 8 nitrogen and oxygen atoms in total. The number of anilines is 2. The second kappa shape index (κ2) is 8.16. The van der Waals surface area contributed by atoms with Gasteiger partial charge in [0.15, 0.2) is 11.5 Å². The molecular weight excluding hydrogens is 396 g/mol. The lowest BCUT2D eigenvalue weighted by Gasteiger charge is -2.25. The molecule has 0 atom stereocenters. The molecule has 5 heterocycles. The number of piperidine rings is 1. The number of aryl methyl sites for hydroxylation is 2. The summed E-state index contributed by atoms with van der Waals surface area (Å²) in [5.41, 5.74) is 4.89. The minimum Gasteiger partial charge on any atom is -0.328 e. The second-order valence-corrected chi connectivity index (χ2v) is 8.60. The Morgan fingerprint density at radius 2 is 2.00 bits per heavy atom. The SMILES string of the molecule is CCn1cc(-c2cnc3c(Nc4cc(CN5CCCCC5)ns4)nc(C)cn23)cn1. The molecule has 0 spiro atoms. The molecule has 5 rings (SSSR count). The molecule has 9 heteroatoms. The molecule has 30 heavy (non-hydrogen) atoms. The topological polar surface area (TPSA) is 76.2 Å². The summed E-state index contributed by atoms with van der Waals surface area (Å²) in [6, 6.07) is 2.13. The van der Waals surface area contributed by atoms with Gasteiger partial charge in [0.25, 0.3) is 0 Å². The fraction of sp³-hybridized carbons (Fsp3) is 0.429. The van der Waals surface area contributed by atoms with Crippen molar-refractivity contribution in [2.24, 2.45) is 0 Å². The lowest BCUT2D eigenvalue weighted by molar-refractivity contribution is 0.219. The third kappa shape index (κ3) is 3.82. The van der Waals surface area contributed by atoms with Crippen LogP contribution in [0.25, 0.3) is 16.9 Å². The molecule has 156 valence electrons. The Morgan fingerprint density at radius 1 is 1.13 bits per heavy atom. The van der Waals surface area contributed by atoms with E-state index in [1.807, 2.05) is 36.4 Å². The van der Waals surface area contributed by atoms with Crippen molar-refractivity contribution >= 4 is 28.0 Å². The molecule has 0 saturated carbocycles. The third-order valence-corrected chi connectivity index (χ3v) is 6.24. The van der Waals surface area contributed by atoms with Gasteiger partial charge in [-0.2, -0.15) is 9.47 Å². The van der Waals surface area contributed by atoms with E-state index in [4.69, 9.17) is 4.98 Å². The summed E-state index contributed by atoms with van der Waals surface area (Å²) < 4.78 is 8.65. The predicted molar refractivity (Wildman–Crippen MR) is 119 cm³/mol. The molecule has 0 amide bonds. The smallest absolute Gasteiger partial charge is 0.180 e. The second-order valence-electron chi connectivity index (χ2n) is 7.80. The molecule has 1 aliphatic heterocycles. The highest BCUT2D eigenvalue weighted by Gasteiger charge is 2.16. The molecule has 1 N–H and O–H groups in total. The molecular formula is C21H26N8S. The number of aromatic nitrogens is 6. The van der Waals surface area contributed by atoms with Gasteiger partial charge in [-0.3, -0.25) is 14.0 Å². The highest BCUT2D eigenvalue weighted by atomic mass is 32.1. The Morgan fingerprint density at radius 3 is 2.80 bits per heavy atom. The summed E-state index contributed by atoms with van der Waals surface area (Å²) in [6.07, 6.45) is 11.8. The van der Waals surface area contributed by atoms with E-state index in [1.54, 1.807) is 0 Å². The molecule has 0 radical (unpaired) electrons. The monoisotopic (exact) mass is 422 g/mol. The maximum absolute atomic E-state index is 4.70. The largest absolute Gasteiger partial charge is 0.328 e. The van der Waals surface area contributed by atoms with Gasteiger partial charge in [-0.05, 0) is 57.4 Å². The van der Waals surface area contributed by atoms with E-state index < -0.39 is 0 Å². The van der Waals surface area contributed by atoms with Crippen molar-refractivity contribution in [3.05, 3.63) is 42.2 Å². The number of rotatable bonds is 6. The first-order valence-electron chi connectivity index (χ1n) is 10.5. The van der Waals surface area contributed by atoms with E-state index in [-0.39, 0.29) is 0 Å². The maximum atomic E-state index is 4.70. The Bertz CT molecular complexity index is 1150. The van der Waals surface area contributed by atoms with Crippen LogP contribution in [-0.2, 0) is 13.1 Å². The zero-order chi connectivity index (χ0) is 20.5. The van der Waals surface area contributed by atoms with Gasteiger partial charge in [0.05, 0.1) is 29.5 Å². The molecule has 0 aliphatic carbocycles. The van der Waals surface area contributed by atoms with Gasteiger partial charge in [-0.25, -0.2) is 9.97 Å². The van der Waals surface area contributed by atoms with Crippen LogP contribution in [0.2, 0.25) is 0 Å². The summed E-state index contributed by atoms with van der Waals surface area (Å²) in [5, 5.41) is 8.83. The first kappa shape index (κ1) is 19.2. The Balaban J connectivity index is 1.41. The van der Waals surface area contributed by atoms with Crippen LogP contribution in [0.5, 0.6) is 0 Å². The lowest BCUT2D eigenvalue weighted by atomic mass is 10.1. The van der Waals surface area contributed by atoms with Gasteiger partial charge in [0.2, 0.25) is 0 Å². The number of imidazole rings is 1. The summed E-state index contributed by atoms with van der Waals surface area (Å²) >= 11 is 1.48. The normalized spacial score (nSPS) is 15.1. The number of nitrogens with zero attached hydrogens (tertiary/aromatic N) is 7. The van der Waals surface area contributed by atoms with Gasteiger partial charge >= 0.3 is 0 Å². The molecule has 4 aromatic rings. The van der Waals surface area contributed by atoms with Crippen LogP contribution in [0.15, 0.2) is 30.9 Å². The van der Waals surface area contributed by atoms with E-state index in [0.717, 1.165) is 52.2 Å². The van der Waals surface area contributed by atoms with Crippen LogP contribution < -0.4 is 5.32 Å². The molecule has 1 fully saturated rings. The summed E-state index contributed by atoms with van der Waals surface area (Å²) in [6.45, 7) is 8.19. The average Bonchev–Trinajstić information content (AvgIpc) is 3.48. The minimum atomic E-state index is 0.748. The highest BCUT2D eigenvalue weighted by Crippen LogP contribution is 2.28. The van der Waals surface area contributed by atoms with Crippen LogP contribution >= 0.6 is 11.5 Å². The van der Waals surface area contributed by atoms with Crippen molar-refractivity contribution in [2.45, 2.75) is 46.2 Å². The van der Waals surface area contributed by atoms with Crippen LogP contribution in [0.3, 0.4) is 0 Å². The molecule has 1 saturated heterocycles. The number of likely N-dealkylation sites (tertiary alicyclic amines) is 1. The van der Waals surface area contributed by atoms with E-state index in [1.165, 1.54) is 43.9 Å². The Hall–Kier alpha value is -2.78. The van der Waals surface area contributed by atoms with Crippen LogP contribution in [0.1, 0.15) is 37.6 Å². The molecule has 1 aliphatic rings. The molecule has 0 aromatic carbocycles. The van der Waals surface area contributed by atoms with Gasteiger partial charge in [-0.1, -0.05) is 6.42 Å². The minimum absolute atomic E-state index is 0.748. The Kier molecular flexibility index (Phi) is 5.22. The standard InChI is InChI=1S/C21H26N8S/c1-3-28-13-16(10-23-28)18-11-22-21-20(24-15(2)12-29(18)21)25-19-9-17(26-30-19)14-27-7-5-4-6-8-27/h9-13H,3-8,14H2,1-2H3,(H,24,25). The first-order valence-corrected chi connectivity index (χ1v) is 11.3. The third-order valence-electron chi connectivity index (χ3n) is 5.50. The van der Waals surface area contributed by atoms with Gasteiger partial charge in [-0.15, -0.1) is 0 Å². The quantitative estimate of drug-likeness (QED) is 0.504. The lowest BCUT2D eigenvalue weighted by Crippen LogP contribution is -2.29.